The van der Waals surface area contributed by atoms with Crippen LogP contribution in [0, 0.1) is 5.92 Å². The van der Waals surface area contributed by atoms with Crippen molar-refractivity contribution in [1.29, 1.82) is 0 Å². The van der Waals surface area contributed by atoms with Crippen LogP contribution in [0.25, 0.3) is 0 Å². The van der Waals surface area contributed by atoms with Gasteiger partial charge in [0.15, 0.2) is 0 Å². The van der Waals surface area contributed by atoms with Crippen LogP contribution in [0.1, 0.15) is 31.1 Å². The van der Waals surface area contributed by atoms with Crippen LogP contribution < -0.4 is 14.8 Å². The van der Waals surface area contributed by atoms with Crippen molar-refractivity contribution in [3.63, 3.8) is 0 Å². The lowest BCUT2D eigenvalue weighted by Gasteiger charge is -2.35. The summed E-state index contributed by atoms with van der Waals surface area (Å²) in [6, 6.07) is 4.41. The van der Waals surface area contributed by atoms with Crippen molar-refractivity contribution in [2.24, 2.45) is 5.92 Å². The van der Waals surface area contributed by atoms with Crippen molar-refractivity contribution >= 4 is 27.6 Å². The fourth-order valence-electron chi connectivity index (χ4n) is 3.12. The van der Waals surface area contributed by atoms with Crippen LogP contribution in [0.4, 0.5) is 10.5 Å². The molecule has 1 aromatic carbocycles. The molecular formula is C19H30N4O5S. The highest BCUT2D eigenvalue weighted by Crippen LogP contribution is 2.29. The highest BCUT2D eigenvalue weighted by Gasteiger charge is 2.31. The van der Waals surface area contributed by atoms with Crippen molar-refractivity contribution in [3.05, 3.63) is 23.8 Å². The average Bonchev–Trinajstić information content (AvgIpc) is 2.58. The second-order valence-corrected chi connectivity index (χ2v) is 9.64. The predicted molar refractivity (Wildman–Crippen MR) is 112 cm³/mol. The van der Waals surface area contributed by atoms with E-state index in [2.05, 4.69) is 10.0 Å². The summed E-state index contributed by atoms with van der Waals surface area (Å²) in [5.41, 5.74) is 0.558. The number of sulfonamides is 1. The van der Waals surface area contributed by atoms with E-state index in [4.69, 9.17) is 4.74 Å². The number of anilines is 1. The van der Waals surface area contributed by atoms with Gasteiger partial charge < -0.3 is 19.9 Å². The lowest BCUT2D eigenvalue weighted by atomic mass is 10.0. The summed E-state index contributed by atoms with van der Waals surface area (Å²) in [6.07, 6.45) is 0.699. The molecule has 29 heavy (non-hydrogen) atoms. The van der Waals surface area contributed by atoms with Crippen LogP contribution in [0.3, 0.4) is 0 Å². The van der Waals surface area contributed by atoms with E-state index in [0.717, 1.165) is 6.26 Å². The van der Waals surface area contributed by atoms with Gasteiger partial charge in [0.1, 0.15) is 11.9 Å². The van der Waals surface area contributed by atoms with Crippen molar-refractivity contribution in [2.75, 3.05) is 38.2 Å². The van der Waals surface area contributed by atoms with E-state index in [1.54, 1.807) is 36.0 Å². The Labute approximate surface area is 172 Å². The van der Waals surface area contributed by atoms with Gasteiger partial charge in [-0.2, -0.15) is 0 Å². The highest BCUT2D eigenvalue weighted by molar-refractivity contribution is 7.92. The number of nitrogens with zero attached hydrogens (tertiary/aromatic N) is 2. The van der Waals surface area contributed by atoms with Crippen molar-refractivity contribution in [2.45, 2.75) is 32.9 Å². The number of ether oxygens (including phenoxy) is 1. The molecule has 0 saturated carbocycles. The van der Waals surface area contributed by atoms with Crippen molar-refractivity contribution < 1.29 is 22.7 Å². The lowest BCUT2D eigenvalue weighted by Crippen LogP contribution is -2.49. The van der Waals surface area contributed by atoms with Crippen LogP contribution in [0.15, 0.2) is 18.2 Å². The Balaban J connectivity index is 2.31. The molecule has 1 heterocycles. The maximum Gasteiger partial charge on any atom is 0.317 e. The van der Waals surface area contributed by atoms with Crippen LogP contribution in [0.5, 0.6) is 5.75 Å². The number of amides is 3. The normalized spacial score (nSPS) is 19.7. The molecule has 0 saturated heterocycles. The van der Waals surface area contributed by atoms with Gasteiger partial charge in [-0.1, -0.05) is 6.92 Å². The number of urea groups is 1. The average molecular weight is 427 g/mol. The molecule has 0 bridgehead atoms. The van der Waals surface area contributed by atoms with Gasteiger partial charge in [0.05, 0.1) is 18.4 Å². The van der Waals surface area contributed by atoms with Crippen molar-refractivity contribution in [1.82, 2.24) is 15.1 Å². The standard InChI is InChI=1S/C19H30N4O5S/c1-12(2)20-19(25)23(5)11-17-13(3)10-22(4)18(24)15-9-14(21-29(6,26)27)7-8-16(15)28-17/h7-9,12-13,17,21H,10-11H2,1-6H3,(H,20,25)/t13-,17-/m1/s1. The minimum absolute atomic E-state index is 0.0193. The largest absolute Gasteiger partial charge is 0.487 e. The SMILES string of the molecule is CC(C)NC(=O)N(C)C[C@H]1Oc2ccc(NS(C)(=O)=O)cc2C(=O)N(C)C[C@H]1C. The molecule has 1 aliphatic heterocycles. The summed E-state index contributed by atoms with van der Waals surface area (Å²) >= 11 is 0. The number of carbonyl (C=O) groups excluding carboxylic acids is 2. The molecule has 2 rings (SSSR count). The Morgan fingerprint density at radius 1 is 1.38 bits per heavy atom. The quantitative estimate of drug-likeness (QED) is 0.743. The summed E-state index contributed by atoms with van der Waals surface area (Å²) in [5.74, 6) is 0.0729. The molecule has 1 aromatic rings. The molecule has 2 N–H and O–H groups in total. The fraction of sp³-hybridized carbons (Fsp3) is 0.579. The van der Waals surface area contributed by atoms with Crippen LogP contribution >= 0.6 is 0 Å². The smallest absolute Gasteiger partial charge is 0.317 e. The first-order valence-corrected chi connectivity index (χ1v) is 11.3. The zero-order valence-corrected chi connectivity index (χ0v) is 18.5. The number of benzene rings is 1. The number of fused-ring (bicyclic) bond motifs is 1. The van der Waals surface area contributed by atoms with Gasteiger partial charge in [-0.05, 0) is 32.0 Å². The van der Waals surface area contributed by atoms with Gasteiger partial charge in [-0.3, -0.25) is 9.52 Å². The van der Waals surface area contributed by atoms with E-state index in [-0.39, 0.29) is 41.3 Å². The summed E-state index contributed by atoms with van der Waals surface area (Å²) in [6.45, 7) is 6.52. The van der Waals surface area contributed by atoms with Crippen LogP contribution in [-0.2, 0) is 10.0 Å². The summed E-state index contributed by atoms with van der Waals surface area (Å²) in [4.78, 5) is 28.2. The Hall–Kier alpha value is -2.49. The van der Waals surface area contributed by atoms with Gasteiger partial charge in [0, 0.05) is 38.3 Å². The van der Waals surface area contributed by atoms with E-state index in [1.807, 2.05) is 20.8 Å². The number of hydrogen-bond acceptors (Lipinski definition) is 5. The van der Waals surface area contributed by atoms with Gasteiger partial charge >= 0.3 is 6.03 Å². The number of nitrogens with one attached hydrogen (secondary N) is 2. The topological polar surface area (TPSA) is 108 Å². The zero-order valence-electron chi connectivity index (χ0n) is 17.7. The molecule has 0 spiro atoms. The van der Waals surface area contributed by atoms with E-state index in [9.17, 15) is 18.0 Å². The molecule has 1 aliphatic rings. The Morgan fingerprint density at radius 3 is 2.62 bits per heavy atom. The van der Waals surface area contributed by atoms with Crippen LogP contribution in [-0.4, -0.2) is 75.7 Å². The number of rotatable bonds is 5. The van der Waals surface area contributed by atoms with E-state index in [1.165, 1.54) is 6.07 Å². The third-order valence-corrected chi connectivity index (χ3v) is 5.15. The molecule has 0 unspecified atom stereocenters. The minimum atomic E-state index is -3.47. The number of likely N-dealkylation sites (N-methyl/N-ethyl adjacent to an activating group) is 1. The van der Waals surface area contributed by atoms with Gasteiger partial charge in [-0.25, -0.2) is 13.2 Å². The number of hydrogen-bond donors (Lipinski definition) is 2. The minimum Gasteiger partial charge on any atom is -0.487 e. The fourth-order valence-corrected chi connectivity index (χ4v) is 3.68. The Morgan fingerprint density at radius 2 is 2.03 bits per heavy atom. The summed E-state index contributed by atoms with van der Waals surface area (Å²) in [5, 5.41) is 2.84. The molecule has 0 radical (unpaired) electrons. The lowest BCUT2D eigenvalue weighted by molar-refractivity contribution is 0.0577. The highest BCUT2D eigenvalue weighted by atomic mass is 32.2. The first kappa shape index (κ1) is 22.8. The molecule has 0 aliphatic carbocycles. The first-order chi connectivity index (χ1) is 13.4. The zero-order chi connectivity index (χ0) is 21.9. The summed E-state index contributed by atoms with van der Waals surface area (Å²) in [7, 11) is -0.0857. The molecular weight excluding hydrogens is 396 g/mol. The van der Waals surface area contributed by atoms with E-state index < -0.39 is 10.0 Å². The maximum atomic E-state index is 12.8. The second-order valence-electron chi connectivity index (χ2n) is 7.89. The first-order valence-electron chi connectivity index (χ1n) is 9.43. The third-order valence-electron chi connectivity index (χ3n) is 4.55. The van der Waals surface area contributed by atoms with Gasteiger partial charge in [-0.15, -0.1) is 0 Å². The van der Waals surface area contributed by atoms with Gasteiger partial charge in [0.25, 0.3) is 5.91 Å². The summed E-state index contributed by atoms with van der Waals surface area (Å²) < 4.78 is 31.5. The monoisotopic (exact) mass is 426 g/mol. The molecule has 3 amide bonds. The molecule has 162 valence electrons. The Kier molecular flexibility index (Phi) is 6.99. The van der Waals surface area contributed by atoms with Gasteiger partial charge in [0.2, 0.25) is 10.0 Å². The van der Waals surface area contributed by atoms with E-state index in [0.29, 0.717) is 18.8 Å². The number of carbonyl (C=O) groups is 2. The maximum absolute atomic E-state index is 12.8. The molecule has 10 heteroatoms. The van der Waals surface area contributed by atoms with Crippen LogP contribution in [0.2, 0.25) is 0 Å². The second kappa shape index (κ2) is 8.89. The van der Waals surface area contributed by atoms with E-state index >= 15 is 0 Å². The molecule has 0 aromatic heterocycles. The molecule has 2 atom stereocenters. The predicted octanol–water partition coefficient (Wildman–Crippen LogP) is 1.58. The van der Waals surface area contributed by atoms with Crippen molar-refractivity contribution in [3.8, 4) is 5.75 Å². The molecule has 9 nitrogen and oxygen atoms in total. The molecule has 0 fully saturated rings. The Bertz CT molecular complexity index is 871. The third kappa shape index (κ3) is 6.25.